The zero-order valence-corrected chi connectivity index (χ0v) is 12.0. The minimum absolute atomic E-state index is 0.182. The second kappa shape index (κ2) is 5.69. The van der Waals surface area contributed by atoms with Gasteiger partial charge in [-0.2, -0.15) is 0 Å². The summed E-state index contributed by atoms with van der Waals surface area (Å²) in [7, 11) is 0. The van der Waals surface area contributed by atoms with E-state index in [0.717, 1.165) is 30.8 Å². The van der Waals surface area contributed by atoms with Crippen molar-refractivity contribution in [1.82, 2.24) is 5.32 Å². The van der Waals surface area contributed by atoms with Gasteiger partial charge in [0.1, 0.15) is 0 Å². The molecule has 0 amide bonds. The van der Waals surface area contributed by atoms with Crippen LogP contribution in [0, 0.1) is 0 Å². The number of carbonyl (C=O) groups is 2. The van der Waals surface area contributed by atoms with Crippen LogP contribution in [0.3, 0.4) is 0 Å². The van der Waals surface area contributed by atoms with Crippen LogP contribution in [0.5, 0.6) is 0 Å². The van der Waals surface area contributed by atoms with E-state index in [2.05, 4.69) is 5.32 Å². The quantitative estimate of drug-likeness (QED) is 0.572. The van der Waals surface area contributed by atoms with Crippen molar-refractivity contribution < 1.29 is 19.1 Å². The predicted molar refractivity (Wildman–Crippen MR) is 79.7 cm³/mol. The molecule has 0 aromatic heterocycles. The third-order valence-corrected chi connectivity index (χ3v) is 3.55. The predicted octanol–water partition coefficient (Wildman–Crippen LogP) is 0.378. The van der Waals surface area contributed by atoms with Gasteiger partial charge in [0, 0.05) is 30.1 Å². The van der Waals surface area contributed by atoms with Gasteiger partial charge in [-0.25, -0.2) is 9.59 Å². The Morgan fingerprint density at radius 3 is 2.59 bits per heavy atom. The van der Waals surface area contributed by atoms with Gasteiger partial charge in [0.25, 0.3) is 0 Å². The molecule has 0 unspecified atom stereocenters. The molecule has 116 valence electrons. The zero-order chi connectivity index (χ0) is 15.6. The number of ether oxygens (including phenoxy) is 2. The Kier molecular flexibility index (Phi) is 3.72. The van der Waals surface area contributed by atoms with Gasteiger partial charge in [0.15, 0.2) is 0 Å². The molecule has 1 aromatic rings. The van der Waals surface area contributed by atoms with Crippen LogP contribution in [0.1, 0.15) is 6.42 Å². The van der Waals surface area contributed by atoms with Crippen molar-refractivity contribution in [2.45, 2.75) is 12.3 Å². The highest BCUT2D eigenvalue weighted by Gasteiger charge is 2.46. The molecule has 2 aliphatic rings. The lowest BCUT2D eigenvalue weighted by molar-refractivity contribution is -0.217. The van der Waals surface area contributed by atoms with Gasteiger partial charge < -0.3 is 20.5 Å². The Morgan fingerprint density at radius 2 is 1.91 bits per heavy atom. The molecule has 2 heterocycles. The Morgan fingerprint density at radius 1 is 1.18 bits per heavy atom. The highest BCUT2D eigenvalue weighted by molar-refractivity contribution is 5.93. The average molecular weight is 303 g/mol. The number of benzene rings is 1. The van der Waals surface area contributed by atoms with E-state index in [9.17, 15) is 9.59 Å². The molecule has 0 aliphatic carbocycles. The molecule has 2 aliphatic heterocycles. The summed E-state index contributed by atoms with van der Waals surface area (Å²) < 4.78 is 10.9. The number of nitrogens with one attached hydrogen (secondary N) is 1. The molecule has 1 fully saturated rings. The number of nitrogen functional groups attached to an aromatic ring is 1. The van der Waals surface area contributed by atoms with Crippen LogP contribution < -0.4 is 16.0 Å². The Hall–Kier alpha value is -2.54. The largest absolute Gasteiger partial charge is 0.399 e. The zero-order valence-electron chi connectivity index (χ0n) is 12.0. The molecular formula is C15H17N3O4. The second-order valence-corrected chi connectivity index (χ2v) is 5.17. The fraction of sp³-hybridized carbons (Fsp3) is 0.333. The van der Waals surface area contributed by atoms with Gasteiger partial charge >= 0.3 is 17.8 Å². The van der Waals surface area contributed by atoms with Crippen LogP contribution in [0.15, 0.2) is 36.4 Å². The smallest absolute Gasteiger partial charge is 0.356 e. The summed E-state index contributed by atoms with van der Waals surface area (Å²) in [4.78, 5) is 25.4. The first-order chi connectivity index (χ1) is 10.6. The van der Waals surface area contributed by atoms with Crippen molar-refractivity contribution in [2.75, 3.05) is 30.3 Å². The van der Waals surface area contributed by atoms with E-state index in [1.807, 2.05) is 6.07 Å². The van der Waals surface area contributed by atoms with Crippen LogP contribution in [0.2, 0.25) is 0 Å². The van der Waals surface area contributed by atoms with Gasteiger partial charge in [-0.15, -0.1) is 0 Å². The minimum Gasteiger partial charge on any atom is -0.399 e. The van der Waals surface area contributed by atoms with Crippen molar-refractivity contribution in [3.8, 4) is 0 Å². The van der Waals surface area contributed by atoms with Crippen LogP contribution >= 0.6 is 0 Å². The summed E-state index contributed by atoms with van der Waals surface area (Å²) in [6.07, 6.45) is 2.94. The molecule has 1 saturated heterocycles. The van der Waals surface area contributed by atoms with Crippen LogP contribution in [-0.2, 0) is 19.1 Å². The van der Waals surface area contributed by atoms with Gasteiger partial charge in [0.05, 0.1) is 6.54 Å². The normalized spacial score (nSPS) is 21.0. The first-order valence-electron chi connectivity index (χ1n) is 7.07. The Labute approximate surface area is 127 Å². The molecule has 7 heteroatoms. The minimum atomic E-state index is -1.51. The Bertz CT molecular complexity index is 609. The highest BCUT2D eigenvalue weighted by Crippen LogP contribution is 2.31. The topological polar surface area (TPSA) is 93.9 Å². The maximum Gasteiger partial charge on any atom is 0.356 e. The van der Waals surface area contributed by atoms with E-state index in [-0.39, 0.29) is 6.54 Å². The number of hydrogen-bond donors (Lipinski definition) is 2. The van der Waals surface area contributed by atoms with E-state index >= 15 is 0 Å². The molecule has 22 heavy (non-hydrogen) atoms. The van der Waals surface area contributed by atoms with Gasteiger partial charge in [-0.1, -0.05) is 6.07 Å². The van der Waals surface area contributed by atoms with Crippen molar-refractivity contribution >= 4 is 23.3 Å². The van der Waals surface area contributed by atoms with Crippen molar-refractivity contribution in [3.05, 3.63) is 36.4 Å². The maximum absolute atomic E-state index is 11.8. The lowest BCUT2D eigenvalue weighted by atomic mass is 10.2. The van der Waals surface area contributed by atoms with Gasteiger partial charge in [-0.05, 0) is 31.2 Å². The molecule has 0 bridgehead atoms. The lowest BCUT2D eigenvalue weighted by Gasteiger charge is -2.40. The molecule has 7 nitrogen and oxygen atoms in total. The third kappa shape index (κ3) is 2.75. The number of nitrogens with two attached hydrogens (primary N) is 1. The van der Waals surface area contributed by atoms with Crippen LogP contribution in [-0.4, -0.2) is 37.5 Å². The molecule has 0 atom stereocenters. The lowest BCUT2D eigenvalue weighted by Crippen LogP contribution is -2.58. The fourth-order valence-electron chi connectivity index (χ4n) is 2.61. The van der Waals surface area contributed by atoms with Crippen molar-refractivity contribution in [2.24, 2.45) is 0 Å². The van der Waals surface area contributed by atoms with Gasteiger partial charge in [0.2, 0.25) is 0 Å². The third-order valence-electron chi connectivity index (χ3n) is 3.55. The number of nitrogens with zero attached hydrogens (tertiary/aromatic N) is 1. The number of rotatable bonds is 1. The fourth-order valence-corrected chi connectivity index (χ4v) is 2.61. The van der Waals surface area contributed by atoms with E-state index < -0.39 is 17.8 Å². The van der Waals surface area contributed by atoms with Crippen LogP contribution in [0.4, 0.5) is 11.4 Å². The standard InChI is InChI=1S/C15H17N3O4/c16-11-3-1-4-12(9-11)18-8-2-7-17-10-15(18)21-13(19)5-6-14(20)22-15/h1,3-6,9,17H,2,7-8,10,16H2. The second-order valence-electron chi connectivity index (χ2n) is 5.17. The van der Waals surface area contributed by atoms with Crippen molar-refractivity contribution in [1.29, 1.82) is 0 Å². The summed E-state index contributed by atoms with van der Waals surface area (Å²) in [6.45, 7) is 1.46. The molecule has 1 spiro atoms. The highest BCUT2D eigenvalue weighted by atomic mass is 16.8. The van der Waals surface area contributed by atoms with Crippen molar-refractivity contribution in [3.63, 3.8) is 0 Å². The van der Waals surface area contributed by atoms with E-state index in [4.69, 9.17) is 15.2 Å². The summed E-state index contributed by atoms with van der Waals surface area (Å²) in [5, 5.41) is 3.14. The van der Waals surface area contributed by atoms with E-state index in [1.54, 1.807) is 23.1 Å². The molecule has 0 radical (unpaired) electrons. The number of anilines is 2. The molecule has 3 N–H and O–H groups in total. The first kappa shape index (κ1) is 14.4. The first-order valence-corrected chi connectivity index (χ1v) is 7.07. The average Bonchev–Trinajstić information content (AvgIpc) is 2.75. The van der Waals surface area contributed by atoms with E-state index in [0.29, 0.717) is 12.2 Å². The van der Waals surface area contributed by atoms with Gasteiger partial charge in [-0.3, -0.25) is 4.90 Å². The number of esters is 2. The Balaban J connectivity index is 2.03. The molecule has 3 rings (SSSR count). The number of hydrogen-bond acceptors (Lipinski definition) is 7. The monoisotopic (exact) mass is 303 g/mol. The molecular weight excluding hydrogens is 286 g/mol. The summed E-state index contributed by atoms with van der Waals surface area (Å²) in [5.41, 5.74) is 7.14. The molecule has 1 aromatic carbocycles. The summed E-state index contributed by atoms with van der Waals surface area (Å²) in [6, 6.07) is 7.16. The summed E-state index contributed by atoms with van der Waals surface area (Å²) >= 11 is 0. The number of carbonyl (C=O) groups excluding carboxylic acids is 2. The SMILES string of the molecule is Nc1cccc(N2CCCNCC23OC(=O)C=CC(=O)O3)c1. The van der Waals surface area contributed by atoms with Crippen LogP contribution in [0.25, 0.3) is 0 Å². The maximum atomic E-state index is 11.8. The molecule has 0 saturated carbocycles. The summed E-state index contributed by atoms with van der Waals surface area (Å²) in [5.74, 6) is -2.76. The van der Waals surface area contributed by atoms with E-state index in [1.165, 1.54) is 0 Å².